The van der Waals surface area contributed by atoms with Gasteiger partial charge in [0.05, 0.1) is 12.7 Å². The van der Waals surface area contributed by atoms with Gasteiger partial charge in [-0.3, -0.25) is 0 Å². The Bertz CT molecular complexity index is 203. The van der Waals surface area contributed by atoms with E-state index in [1.54, 1.807) is 0 Å². The van der Waals surface area contributed by atoms with Crippen molar-refractivity contribution in [3.8, 4) is 0 Å². The maximum atomic E-state index is 5.71. The van der Waals surface area contributed by atoms with E-state index in [1.807, 2.05) is 0 Å². The Morgan fingerprint density at radius 2 is 2.27 bits per heavy atom. The summed E-state index contributed by atoms with van der Waals surface area (Å²) in [6.07, 6.45) is 3.94. The fourth-order valence-electron chi connectivity index (χ4n) is 2.39. The third-order valence-corrected chi connectivity index (χ3v) is 3.40. The maximum Gasteiger partial charge on any atom is 0.0667 e. The van der Waals surface area contributed by atoms with Gasteiger partial charge in [-0.2, -0.15) is 0 Å². The molecule has 1 nitrogen and oxygen atoms in total. The highest BCUT2D eigenvalue weighted by Crippen LogP contribution is 2.47. The van der Waals surface area contributed by atoms with Gasteiger partial charge in [-0.25, -0.2) is 0 Å². The van der Waals surface area contributed by atoms with Crippen LogP contribution in [0.2, 0.25) is 0 Å². The first-order valence-corrected chi connectivity index (χ1v) is 4.40. The number of ether oxygens (including phenoxy) is 1. The van der Waals surface area contributed by atoms with Gasteiger partial charge in [0, 0.05) is 5.92 Å². The highest BCUT2D eigenvalue weighted by atomic mass is 16.5. The van der Waals surface area contributed by atoms with Gasteiger partial charge in [-0.1, -0.05) is 25.5 Å². The molecule has 2 atom stereocenters. The average Bonchev–Trinajstić information content (AvgIpc) is 2.15. The van der Waals surface area contributed by atoms with E-state index in [9.17, 15) is 0 Å². The summed E-state index contributed by atoms with van der Waals surface area (Å²) in [5.41, 5.74) is 1.92. The van der Waals surface area contributed by atoms with Crippen molar-refractivity contribution in [3.05, 3.63) is 11.6 Å². The minimum atomic E-state index is 0.388. The van der Waals surface area contributed by atoms with Crippen LogP contribution in [-0.4, -0.2) is 12.7 Å². The highest BCUT2D eigenvalue weighted by Gasteiger charge is 2.46. The van der Waals surface area contributed by atoms with E-state index in [4.69, 9.17) is 4.74 Å². The summed E-state index contributed by atoms with van der Waals surface area (Å²) in [7, 11) is 0. The lowest BCUT2D eigenvalue weighted by atomic mass is 9.69. The van der Waals surface area contributed by atoms with Crippen LogP contribution in [-0.2, 0) is 4.74 Å². The van der Waals surface area contributed by atoms with Gasteiger partial charge in [0.25, 0.3) is 0 Å². The van der Waals surface area contributed by atoms with Crippen LogP contribution in [0.3, 0.4) is 0 Å². The predicted molar refractivity (Wildman–Crippen MR) is 45.4 cm³/mol. The Balaban J connectivity index is 2.36. The van der Waals surface area contributed by atoms with Crippen LogP contribution in [0.25, 0.3) is 0 Å². The van der Waals surface area contributed by atoms with Crippen molar-refractivity contribution >= 4 is 0 Å². The summed E-state index contributed by atoms with van der Waals surface area (Å²) in [6, 6.07) is 0. The van der Waals surface area contributed by atoms with E-state index in [0.29, 0.717) is 17.4 Å². The van der Waals surface area contributed by atoms with Gasteiger partial charge in [0.1, 0.15) is 0 Å². The third-order valence-electron chi connectivity index (χ3n) is 3.40. The fourth-order valence-corrected chi connectivity index (χ4v) is 2.39. The second-order valence-corrected chi connectivity index (χ2v) is 4.38. The van der Waals surface area contributed by atoms with Crippen LogP contribution in [0.4, 0.5) is 0 Å². The van der Waals surface area contributed by atoms with Crippen LogP contribution in [0, 0.1) is 11.3 Å². The largest absolute Gasteiger partial charge is 0.377 e. The normalized spacial score (nSPS) is 40.5. The Kier molecular flexibility index (Phi) is 1.40. The van der Waals surface area contributed by atoms with Crippen LogP contribution in [0.15, 0.2) is 11.6 Å². The van der Waals surface area contributed by atoms with E-state index in [1.165, 1.54) is 5.57 Å². The lowest BCUT2D eigenvalue weighted by Crippen LogP contribution is -2.33. The van der Waals surface area contributed by atoms with Crippen LogP contribution in [0.5, 0.6) is 0 Å². The van der Waals surface area contributed by atoms with Crippen LogP contribution in [0.1, 0.15) is 27.2 Å². The predicted octanol–water partition coefficient (Wildman–Crippen LogP) is 2.38. The summed E-state index contributed by atoms with van der Waals surface area (Å²) in [6.45, 7) is 7.83. The number of rotatable bonds is 0. The highest BCUT2D eigenvalue weighted by molar-refractivity contribution is 5.17. The van der Waals surface area contributed by atoms with Gasteiger partial charge in [-0.05, 0) is 18.8 Å². The van der Waals surface area contributed by atoms with E-state index in [0.717, 1.165) is 13.0 Å². The number of fused-ring (bicyclic) bond motifs is 2. The van der Waals surface area contributed by atoms with Crippen molar-refractivity contribution in [3.63, 3.8) is 0 Å². The SMILES string of the molecule is CC1=CC[C@@H]2OC[C@H]1C2(C)C. The molecule has 0 spiro atoms. The minimum Gasteiger partial charge on any atom is -0.377 e. The molecule has 0 aromatic heterocycles. The quantitative estimate of drug-likeness (QED) is 0.484. The first kappa shape index (κ1) is 7.35. The maximum absolute atomic E-state index is 5.71. The third kappa shape index (κ3) is 0.871. The molecule has 1 heterocycles. The van der Waals surface area contributed by atoms with Crippen molar-refractivity contribution in [1.82, 2.24) is 0 Å². The molecular weight excluding hydrogens is 136 g/mol. The summed E-state index contributed by atoms with van der Waals surface area (Å²) in [5.74, 6) is 0.682. The molecule has 1 saturated heterocycles. The molecule has 2 bridgehead atoms. The van der Waals surface area contributed by atoms with Crippen molar-refractivity contribution in [1.29, 1.82) is 0 Å². The molecule has 1 aliphatic heterocycles. The Morgan fingerprint density at radius 1 is 1.55 bits per heavy atom. The second-order valence-electron chi connectivity index (χ2n) is 4.38. The number of hydrogen-bond donors (Lipinski definition) is 0. The average molecular weight is 152 g/mol. The van der Waals surface area contributed by atoms with Crippen molar-refractivity contribution in [2.75, 3.05) is 6.61 Å². The van der Waals surface area contributed by atoms with E-state index in [2.05, 4.69) is 26.8 Å². The molecule has 11 heavy (non-hydrogen) atoms. The fraction of sp³-hybridized carbons (Fsp3) is 0.800. The summed E-state index contributed by atoms with van der Waals surface area (Å²) in [5, 5.41) is 0. The zero-order valence-corrected chi connectivity index (χ0v) is 7.55. The van der Waals surface area contributed by atoms with Crippen LogP contribution < -0.4 is 0 Å². The first-order valence-electron chi connectivity index (χ1n) is 4.40. The Morgan fingerprint density at radius 3 is 2.91 bits per heavy atom. The molecule has 0 unspecified atom stereocenters. The molecule has 0 N–H and O–H groups in total. The molecule has 0 saturated carbocycles. The van der Waals surface area contributed by atoms with Gasteiger partial charge in [0.15, 0.2) is 0 Å². The Hall–Kier alpha value is -0.300. The van der Waals surface area contributed by atoms with E-state index in [-0.39, 0.29) is 0 Å². The zero-order chi connectivity index (χ0) is 8.06. The summed E-state index contributed by atoms with van der Waals surface area (Å²) >= 11 is 0. The molecule has 0 amide bonds. The molecular formula is C10H16O. The van der Waals surface area contributed by atoms with E-state index >= 15 is 0 Å². The number of hydrogen-bond acceptors (Lipinski definition) is 1. The van der Waals surface area contributed by atoms with Crippen molar-refractivity contribution in [2.24, 2.45) is 11.3 Å². The molecule has 1 aliphatic carbocycles. The first-order chi connectivity index (χ1) is 5.12. The smallest absolute Gasteiger partial charge is 0.0667 e. The Labute approximate surface area is 68.4 Å². The molecule has 1 heteroatoms. The van der Waals surface area contributed by atoms with Crippen molar-refractivity contribution in [2.45, 2.75) is 33.3 Å². The topological polar surface area (TPSA) is 9.23 Å². The molecule has 62 valence electrons. The van der Waals surface area contributed by atoms with Crippen molar-refractivity contribution < 1.29 is 4.74 Å². The molecule has 0 aromatic rings. The lowest BCUT2D eigenvalue weighted by molar-refractivity contribution is 0.0644. The van der Waals surface area contributed by atoms with Gasteiger partial charge in [-0.15, -0.1) is 0 Å². The molecule has 1 fully saturated rings. The van der Waals surface area contributed by atoms with Gasteiger partial charge in [0.2, 0.25) is 0 Å². The molecule has 0 radical (unpaired) electrons. The lowest BCUT2D eigenvalue weighted by Gasteiger charge is -2.34. The summed E-state index contributed by atoms with van der Waals surface area (Å²) in [4.78, 5) is 0. The minimum absolute atomic E-state index is 0.388. The monoisotopic (exact) mass is 152 g/mol. The molecule has 0 aromatic carbocycles. The molecule has 2 aliphatic rings. The van der Waals surface area contributed by atoms with Crippen LogP contribution >= 0.6 is 0 Å². The summed E-state index contributed by atoms with van der Waals surface area (Å²) < 4.78 is 5.71. The van der Waals surface area contributed by atoms with E-state index < -0.39 is 0 Å². The second kappa shape index (κ2) is 2.10. The van der Waals surface area contributed by atoms with Gasteiger partial charge < -0.3 is 4.74 Å². The zero-order valence-electron chi connectivity index (χ0n) is 7.55. The van der Waals surface area contributed by atoms with Gasteiger partial charge >= 0.3 is 0 Å². The molecule has 2 rings (SSSR count). The standard InChI is InChI=1S/C10H16O/c1-7-4-5-9-10(2,3)8(7)6-11-9/h4,8-9H,5-6H2,1-3H3/t8-,9+/m1/s1.